The molecule has 2 aromatic rings. The van der Waals surface area contributed by atoms with Crippen molar-refractivity contribution in [2.45, 2.75) is 76.7 Å². The standard InChI is InChI=1S/2C26H32N4O8.H2O4S/c2*1-5-30(6-2)15-9-14(28-10-31)20(32)17-12(15)7-11-8-13-19(29(3)4)22(34)18(25(27)37)24(36)26(13,38)23(35)16(11)21(17)33;1-5(2,3)4/h2*9-11,13,19,32,34-35,38H,5-8H2,1-4H3,(H2,27,37)(H,28,31);(H2,1,2,3,4)/t2*11?,13?,19-,26?;/m00./s1. The Morgan fingerprint density at radius 2 is 0.914 bits per heavy atom. The summed E-state index contributed by atoms with van der Waals surface area (Å²) in [5, 5.41) is 94.6. The molecular formula is C52H66N8O20S. The van der Waals surface area contributed by atoms with Crippen molar-refractivity contribution in [3.8, 4) is 11.5 Å². The van der Waals surface area contributed by atoms with Crippen LogP contribution in [0, 0.1) is 23.7 Å². The molecule has 4 amide bonds. The SMILES string of the molecule is CCN(CC)c1cc(NC=O)c(O)c2c1CC1CC3[C@H](N(C)C)C(O)=C(C(N)=O)C(=O)C3(O)C(O)=C1C2=O.CCN(CC)c1cc(NC=O)c(O)c2c1CC1CC3[C@H](N(C)C)C(O)=C(C(N)=O)C(=O)C3(O)C(O)=C1C2=O.O=S(=O)(O)O. The summed E-state index contributed by atoms with van der Waals surface area (Å²) in [6.45, 7) is 9.92. The maximum absolute atomic E-state index is 13.9. The highest BCUT2D eigenvalue weighted by atomic mass is 32.3. The number of nitrogens with zero attached hydrogens (tertiary/aromatic N) is 4. The summed E-state index contributed by atoms with van der Waals surface area (Å²) >= 11 is 0. The molecule has 2 aromatic carbocycles. The van der Waals surface area contributed by atoms with Crippen LogP contribution < -0.4 is 31.9 Å². The Labute approximate surface area is 463 Å². The highest BCUT2D eigenvalue weighted by Gasteiger charge is 2.65. The molecule has 0 radical (unpaired) electrons. The quantitative estimate of drug-likeness (QED) is 0.0527. The smallest absolute Gasteiger partial charge is 0.394 e. The third-order valence-corrected chi connectivity index (χ3v) is 16.0. The van der Waals surface area contributed by atoms with Gasteiger partial charge in [0.05, 0.1) is 34.6 Å². The molecule has 28 nitrogen and oxygen atoms in total. The molecule has 0 aromatic heterocycles. The maximum atomic E-state index is 13.9. The van der Waals surface area contributed by atoms with Gasteiger partial charge in [-0.3, -0.25) is 57.3 Å². The number of fused-ring (bicyclic) bond motifs is 6. The lowest BCUT2D eigenvalue weighted by molar-refractivity contribution is -0.149. The minimum absolute atomic E-state index is 0.00144. The number of Topliss-reactive ketones (excluding diaryl/α,β-unsaturated/α-hetero) is 4. The highest BCUT2D eigenvalue weighted by molar-refractivity contribution is 7.79. The van der Waals surface area contributed by atoms with Crippen LogP contribution in [0.15, 0.2) is 57.5 Å². The molecular weight excluding hydrogens is 1090 g/mol. The van der Waals surface area contributed by atoms with Crippen molar-refractivity contribution in [2.75, 3.05) is 74.8 Å². The second kappa shape index (κ2) is 22.9. The molecule has 81 heavy (non-hydrogen) atoms. The number of rotatable bonds is 14. The van der Waals surface area contributed by atoms with Gasteiger partial charge in [-0.2, -0.15) is 8.42 Å². The van der Waals surface area contributed by atoms with Crippen LogP contribution in [-0.4, -0.2) is 194 Å². The van der Waals surface area contributed by atoms with Gasteiger partial charge in [-0.15, -0.1) is 0 Å². The van der Waals surface area contributed by atoms with Gasteiger partial charge in [0.15, 0.2) is 34.3 Å². The topological polar surface area (TPSA) is 462 Å². The maximum Gasteiger partial charge on any atom is 0.394 e. The lowest BCUT2D eigenvalue weighted by Crippen LogP contribution is -2.63. The monoisotopic (exact) mass is 1150 g/mol. The summed E-state index contributed by atoms with van der Waals surface area (Å²) in [6, 6.07) is 1.04. The van der Waals surface area contributed by atoms with E-state index in [4.69, 9.17) is 29.0 Å². The Kier molecular flexibility index (Phi) is 17.6. The van der Waals surface area contributed by atoms with Crippen LogP contribution in [0.1, 0.15) is 72.4 Å². The van der Waals surface area contributed by atoms with Gasteiger partial charge < -0.3 is 72.8 Å². The van der Waals surface area contributed by atoms with E-state index in [-0.39, 0.29) is 59.3 Å². The lowest BCUT2D eigenvalue weighted by Gasteiger charge is -2.50. The van der Waals surface area contributed by atoms with Gasteiger partial charge in [0, 0.05) is 60.5 Å². The van der Waals surface area contributed by atoms with Crippen LogP contribution in [0.2, 0.25) is 0 Å². The molecule has 29 heteroatoms. The van der Waals surface area contributed by atoms with Crippen molar-refractivity contribution in [2.24, 2.45) is 35.1 Å². The number of aliphatic hydroxyl groups is 6. The number of likely N-dealkylation sites (N-methyl/N-ethyl adjacent to an activating group) is 2. The normalized spacial score (nSPS) is 25.7. The number of phenols is 2. The summed E-state index contributed by atoms with van der Waals surface area (Å²) in [6.07, 6.45) is 1.04. The predicted octanol–water partition coefficient (Wildman–Crippen LogP) is 0.417. The molecule has 0 heterocycles. The molecule has 0 spiro atoms. The first-order valence-corrected chi connectivity index (χ1v) is 26.8. The minimum Gasteiger partial charge on any atom is -0.510 e. The second-order valence-corrected chi connectivity index (χ2v) is 21.4. The first-order chi connectivity index (χ1) is 37.7. The second-order valence-electron chi connectivity index (χ2n) is 20.5. The van der Waals surface area contributed by atoms with Crippen LogP contribution >= 0.6 is 0 Å². The van der Waals surface area contributed by atoms with Gasteiger partial charge in [0.25, 0.3) is 11.8 Å². The lowest BCUT2D eigenvalue weighted by atomic mass is 9.58. The summed E-state index contributed by atoms with van der Waals surface area (Å²) < 4.78 is 31.6. The van der Waals surface area contributed by atoms with E-state index in [9.17, 15) is 79.2 Å². The Bertz CT molecular complexity index is 3080. The number of allylic oxidation sites excluding steroid dienone is 2. The molecule has 6 aliphatic rings. The van der Waals surface area contributed by atoms with Crippen LogP contribution in [0.5, 0.6) is 11.5 Å². The van der Waals surface area contributed by atoms with Crippen molar-refractivity contribution in [1.82, 2.24) is 9.80 Å². The van der Waals surface area contributed by atoms with E-state index in [2.05, 4.69) is 10.6 Å². The number of anilines is 4. The fourth-order valence-corrected chi connectivity index (χ4v) is 12.6. The molecule has 16 N–H and O–H groups in total. The summed E-state index contributed by atoms with van der Waals surface area (Å²) in [5.41, 5.74) is 4.96. The van der Waals surface area contributed by atoms with Gasteiger partial charge in [-0.05, 0) is 117 Å². The van der Waals surface area contributed by atoms with E-state index >= 15 is 0 Å². The number of hydrogen-bond acceptors (Lipinski definition) is 22. The fraction of sp³-hybridized carbons (Fsp3) is 0.462. The number of ketones is 4. The van der Waals surface area contributed by atoms with Crippen molar-refractivity contribution >= 4 is 80.9 Å². The van der Waals surface area contributed by atoms with Gasteiger partial charge in [0.1, 0.15) is 34.2 Å². The first kappa shape index (κ1) is 62.3. The number of benzene rings is 2. The number of aliphatic hydroxyl groups excluding tert-OH is 4. The average Bonchev–Trinajstić information content (AvgIpc) is 3.36. The molecule has 0 fully saturated rings. The summed E-state index contributed by atoms with van der Waals surface area (Å²) in [5.74, 6) is -14.4. The zero-order valence-corrected chi connectivity index (χ0v) is 46.2. The fourth-order valence-electron chi connectivity index (χ4n) is 12.6. The third-order valence-electron chi connectivity index (χ3n) is 16.0. The van der Waals surface area contributed by atoms with Gasteiger partial charge >= 0.3 is 10.4 Å². The van der Waals surface area contributed by atoms with E-state index in [1.165, 1.54) is 9.80 Å². The number of hydrogen-bond donors (Lipinski definition) is 14. The number of aromatic hydroxyl groups is 2. The molecule has 0 bridgehead atoms. The molecule has 8 atom stereocenters. The van der Waals surface area contributed by atoms with Crippen LogP contribution in [0.25, 0.3) is 0 Å². The third kappa shape index (κ3) is 10.2. The highest BCUT2D eigenvalue weighted by Crippen LogP contribution is 2.56. The largest absolute Gasteiger partial charge is 0.510 e. The Morgan fingerprint density at radius 3 is 1.16 bits per heavy atom. The molecule has 440 valence electrons. The Hall–Kier alpha value is -7.93. The number of primary amides is 2. The zero-order valence-electron chi connectivity index (χ0n) is 45.3. The van der Waals surface area contributed by atoms with Crippen molar-refractivity contribution in [1.29, 1.82) is 0 Å². The molecule has 6 aliphatic carbocycles. The first-order valence-electron chi connectivity index (χ1n) is 25.4. The zero-order chi connectivity index (χ0) is 61.0. The van der Waals surface area contributed by atoms with Gasteiger partial charge in [0.2, 0.25) is 24.4 Å². The van der Waals surface area contributed by atoms with Crippen LogP contribution in [-0.2, 0) is 52.0 Å². The molecule has 0 saturated carbocycles. The number of amides is 4. The Morgan fingerprint density at radius 1 is 0.617 bits per heavy atom. The number of phenolic OH excluding ortho intramolecular Hbond substituents is 2. The van der Waals surface area contributed by atoms with E-state index < -0.39 is 138 Å². The number of carbonyl (C=O) groups excluding carboxylic acids is 8. The van der Waals surface area contributed by atoms with E-state index in [1.54, 1.807) is 40.3 Å². The average molecular weight is 1160 g/mol. The number of carbonyl (C=O) groups is 8. The summed E-state index contributed by atoms with van der Waals surface area (Å²) in [4.78, 5) is 108. The minimum atomic E-state index is -4.67. The molecule has 0 aliphatic heterocycles. The van der Waals surface area contributed by atoms with Crippen molar-refractivity contribution in [3.05, 3.63) is 79.7 Å². The van der Waals surface area contributed by atoms with E-state index in [1.807, 2.05) is 37.5 Å². The molecule has 6 unspecified atom stereocenters. The molecule has 0 saturated heterocycles. The number of nitrogens with two attached hydrogens (primary N) is 2. The van der Waals surface area contributed by atoms with Crippen LogP contribution in [0.3, 0.4) is 0 Å². The van der Waals surface area contributed by atoms with Crippen molar-refractivity contribution in [3.63, 3.8) is 0 Å². The van der Waals surface area contributed by atoms with Gasteiger partial charge in [-0.25, -0.2) is 0 Å². The van der Waals surface area contributed by atoms with Crippen molar-refractivity contribution < 1.29 is 96.7 Å². The number of nitrogens with one attached hydrogen (secondary N) is 2. The van der Waals surface area contributed by atoms with E-state index in [0.29, 0.717) is 61.5 Å². The van der Waals surface area contributed by atoms with Gasteiger partial charge in [-0.1, -0.05) is 0 Å². The molecule has 8 rings (SSSR count). The van der Waals surface area contributed by atoms with E-state index in [0.717, 1.165) is 0 Å². The van der Waals surface area contributed by atoms with Crippen LogP contribution in [0.4, 0.5) is 22.7 Å². The predicted molar refractivity (Wildman–Crippen MR) is 288 cm³/mol. The summed E-state index contributed by atoms with van der Waals surface area (Å²) in [7, 11) is 1.63. The Balaban J connectivity index is 0.000000241.